The van der Waals surface area contributed by atoms with Gasteiger partial charge in [0.05, 0.1) is 16.8 Å². The van der Waals surface area contributed by atoms with Gasteiger partial charge in [-0.1, -0.05) is 0 Å². The monoisotopic (exact) mass is 180 g/mol. The summed E-state index contributed by atoms with van der Waals surface area (Å²) in [6, 6.07) is 0. The number of nitrogens with zero attached hydrogens (tertiary/aromatic N) is 2. The van der Waals surface area contributed by atoms with Crippen molar-refractivity contribution in [3.05, 3.63) is 17.5 Å². The third kappa shape index (κ3) is 1.88. The van der Waals surface area contributed by atoms with Gasteiger partial charge in [0.25, 0.3) is 0 Å². The lowest BCUT2D eigenvalue weighted by Gasteiger charge is -2.18. The number of aromatic nitrogens is 2. The molecule has 1 rings (SSSR count). The summed E-state index contributed by atoms with van der Waals surface area (Å²) in [5.41, 5.74) is 6.87. The van der Waals surface area contributed by atoms with Gasteiger partial charge in [0.1, 0.15) is 5.84 Å². The fourth-order valence-corrected chi connectivity index (χ4v) is 1.07. The Morgan fingerprint density at radius 3 is 2.31 bits per heavy atom. The molecule has 0 amide bonds. The van der Waals surface area contributed by atoms with Gasteiger partial charge in [-0.05, 0) is 27.7 Å². The number of hydrogen-bond donors (Lipinski definition) is 2. The van der Waals surface area contributed by atoms with Crippen LogP contribution in [0, 0.1) is 12.3 Å². The van der Waals surface area contributed by atoms with Crippen molar-refractivity contribution in [2.75, 3.05) is 0 Å². The predicted molar refractivity (Wildman–Crippen MR) is 53.0 cm³/mol. The molecule has 72 valence electrons. The second kappa shape index (κ2) is 2.87. The van der Waals surface area contributed by atoms with Crippen LogP contribution in [0.5, 0.6) is 0 Å². The lowest BCUT2D eigenvalue weighted by molar-refractivity contribution is 0.354. The third-order valence-electron chi connectivity index (χ3n) is 1.88. The average Bonchev–Trinajstić information content (AvgIpc) is 2.29. The Hall–Kier alpha value is -1.32. The first kappa shape index (κ1) is 9.77. The number of amidine groups is 1. The second-order valence-corrected chi connectivity index (χ2v) is 4.16. The van der Waals surface area contributed by atoms with Gasteiger partial charge < -0.3 is 5.73 Å². The largest absolute Gasteiger partial charge is 0.384 e. The molecule has 0 saturated carbocycles. The molecule has 3 N–H and O–H groups in total. The van der Waals surface area contributed by atoms with E-state index in [-0.39, 0.29) is 11.4 Å². The zero-order chi connectivity index (χ0) is 10.2. The quantitative estimate of drug-likeness (QED) is 0.504. The van der Waals surface area contributed by atoms with E-state index in [1.807, 2.05) is 17.8 Å². The van der Waals surface area contributed by atoms with E-state index in [2.05, 4.69) is 25.9 Å². The van der Waals surface area contributed by atoms with Crippen LogP contribution < -0.4 is 5.73 Å². The molecule has 0 bridgehead atoms. The van der Waals surface area contributed by atoms with E-state index in [0.717, 1.165) is 11.3 Å². The van der Waals surface area contributed by atoms with E-state index < -0.39 is 0 Å². The summed E-state index contributed by atoms with van der Waals surface area (Å²) in [7, 11) is 0. The minimum atomic E-state index is -0.0571. The number of nitrogens with one attached hydrogen (secondary N) is 1. The average molecular weight is 180 g/mol. The molecule has 0 aliphatic heterocycles. The Morgan fingerprint density at radius 2 is 2.08 bits per heavy atom. The molecule has 0 radical (unpaired) electrons. The van der Waals surface area contributed by atoms with Gasteiger partial charge >= 0.3 is 0 Å². The first-order valence-corrected chi connectivity index (χ1v) is 4.23. The van der Waals surface area contributed by atoms with Crippen molar-refractivity contribution < 1.29 is 0 Å². The Balaban J connectivity index is 3.17. The van der Waals surface area contributed by atoms with Crippen LogP contribution in [0.1, 0.15) is 32.0 Å². The standard InChI is InChI=1S/C9H16N4/c1-6-7(8(10)11)5-13(12-6)9(2,3)4/h5H,1-4H3,(H3,10,11). The molecule has 0 aliphatic rings. The van der Waals surface area contributed by atoms with Gasteiger partial charge in [0.2, 0.25) is 0 Å². The molecule has 4 nitrogen and oxygen atoms in total. The van der Waals surface area contributed by atoms with Crippen LogP contribution in [0.15, 0.2) is 6.20 Å². The number of nitrogens with two attached hydrogens (primary N) is 1. The molecule has 0 fully saturated rings. The minimum Gasteiger partial charge on any atom is -0.384 e. The van der Waals surface area contributed by atoms with Crippen molar-refractivity contribution in [2.24, 2.45) is 5.73 Å². The minimum absolute atomic E-state index is 0.0571. The van der Waals surface area contributed by atoms with Crippen molar-refractivity contribution in [2.45, 2.75) is 33.2 Å². The van der Waals surface area contributed by atoms with Gasteiger partial charge in [-0.25, -0.2) is 0 Å². The highest BCUT2D eigenvalue weighted by molar-refractivity contribution is 5.95. The fourth-order valence-electron chi connectivity index (χ4n) is 1.07. The molecule has 0 aliphatic carbocycles. The number of rotatable bonds is 1. The molecule has 13 heavy (non-hydrogen) atoms. The molecule has 1 heterocycles. The highest BCUT2D eigenvalue weighted by Gasteiger charge is 2.16. The SMILES string of the molecule is Cc1nn(C(C)(C)C)cc1C(=N)N. The van der Waals surface area contributed by atoms with Crippen LogP contribution >= 0.6 is 0 Å². The first-order valence-electron chi connectivity index (χ1n) is 4.23. The van der Waals surface area contributed by atoms with Gasteiger partial charge in [0, 0.05) is 6.20 Å². The van der Waals surface area contributed by atoms with E-state index in [9.17, 15) is 0 Å². The Morgan fingerprint density at radius 1 is 1.54 bits per heavy atom. The zero-order valence-electron chi connectivity index (χ0n) is 8.55. The van der Waals surface area contributed by atoms with Crippen molar-refractivity contribution in [1.29, 1.82) is 5.41 Å². The van der Waals surface area contributed by atoms with Crippen LogP contribution in [0.3, 0.4) is 0 Å². The maximum absolute atomic E-state index is 7.32. The molecular weight excluding hydrogens is 164 g/mol. The molecule has 1 aromatic heterocycles. The van der Waals surface area contributed by atoms with Gasteiger partial charge in [-0.3, -0.25) is 10.1 Å². The number of aryl methyl sites for hydroxylation is 1. The summed E-state index contributed by atoms with van der Waals surface area (Å²) in [6.07, 6.45) is 1.82. The summed E-state index contributed by atoms with van der Waals surface area (Å²) in [5.74, 6) is 0.0769. The van der Waals surface area contributed by atoms with E-state index in [1.54, 1.807) is 0 Å². The maximum atomic E-state index is 7.32. The van der Waals surface area contributed by atoms with E-state index in [0.29, 0.717) is 0 Å². The van der Waals surface area contributed by atoms with E-state index in [4.69, 9.17) is 11.1 Å². The zero-order valence-corrected chi connectivity index (χ0v) is 8.55. The maximum Gasteiger partial charge on any atom is 0.126 e. The van der Waals surface area contributed by atoms with E-state index >= 15 is 0 Å². The van der Waals surface area contributed by atoms with E-state index in [1.165, 1.54) is 0 Å². The molecule has 0 spiro atoms. The molecule has 4 heteroatoms. The Labute approximate surface area is 78.3 Å². The van der Waals surface area contributed by atoms with Crippen molar-refractivity contribution in [3.8, 4) is 0 Å². The highest BCUT2D eigenvalue weighted by atomic mass is 15.3. The molecular formula is C9H16N4. The second-order valence-electron chi connectivity index (χ2n) is 4.16. The summed E-state index contributed by atoms with van der Waals surface area (Å²) >= 11 is 0. The van der Waals surface area contributed by atoms with Crippen LogP contribution in [0.4, 0.5) is 0 Å². The summed E-state index contributed by atoms with van der Waals surface area (Å²) < 4.78 is 1.83. The lowest BCUT2D eigenvalue weighted by Crippen LogP contribution is -2.22. The highest BCUT2D eigenvalue weighted by Crippen LogP contribution is 2.15. The molecule has 0 saturated heterocycles. The van der Waals surface area contributed by atoms with Crippen molar-refractivity contribution >= 4 is 5.84 Å². The van der Waals surface area contributed by atoms with Crippen molar-refractivity contribution in [1.82, 2.24) is 9.78 Å². The molecule has 1 aromatic rings. The Bertz CT molecular complexity index is 330. The van der Waals surface area contributed by atoms with Crippen LogP contribution in [0.25, 0.3) is 0 Å². The predicted octanol–water partition coefficient (Wildman–Crippen LogP) is 1.23. The Kier molecular flexibility index (Phi) is 2.15. The fraction of sp³-hybridized carbons (Fsp3) is 0.556. The molecule has 0 aromatic carbocycles. The van der Waals surface area contributed by atoms with Crippen LogP contribution in [-0.4, -0.2) is 15.6 Å². The normalized spacial score (nSPS) is 11.7. The van der Waals surface area contributed by atoms with Gasteiger partial charge in [-0.2, -0.15) is 5.10 Å². The molecule has 0 atom stereocenters. The summed E-state index contributed by atoms with van der Waals surface area (Å²) in [5, 5.41) is 11.6. The van der Waals surface area contributed by atoms with Crippen LogP contribution in [-0.2, 0) is 5.54 Å². The van der Waals surface area contributed by atoms with Gasteiger partial charge in [-0.15, -0.1) is 0 Å². The van der Waals surface area contributed by atoms with Gasteiger partial charge in [0.15, 0.2) is 0 Å². The number of hydrogen-bond acceptors (Lipinski definition) is 2. The topological polar surface area (TPSA) is 67.7 Å². The molecule has 0 unspecified atom stereocenters. The smallest absolute Gasteiger partial charge is 0.126 e. The summed E-state index contributed by atoms with van der Waals surface area (Å²) in [6.45, 7) is 8.04. The third-order valence-corrected chi connectivity index (χ3v) is 1.88. The summed E-state index contributed by atoms with van der Waals surface area (Å²) in [4.78, 5) is 0. The lowest BCUT2D eigenvalue weighted by atomic mass is 10.1. The van der Waals surface area contributed by atoms with Crippen molar-refractivity contribution in [3.63, 3.8) is 0 Å². The first-order chi connectivity index (χ1) is 5.82. The van der Waals surface area contributed by atoms with Crippen LogP contribution in [0.2, 0.25) is 0 Å². The number of nitrogen functional groups attached to an aromatic ring is 1.